The molecule has 1 unspecified atom stereocenters. The van der Waals surface area contributed by atoms with Gasteiger partial charge in [-0.05, 0) is 63.1 Å². The third kappa shape index (κ3) is 3.94. The van der Waals surface area contributed by atoms with Crippen LogP contribution in [0.2, 0.25) is 0 Å². The molecule has 0 bridgehead atoms. The molecule has 1 aromatic heterocycles. The second-order valence-corrected chi connectivity index (χ2v) is 7.57. The van der Waals surface area contributed by atoms with Crippen molar-refractivity contribution in [2.24, 2.45) is 0 Å². The van der Waals surface area contributed by atoms with Crippen LogP contribution in [-0.4, -0.2) is 23.0 Å². The molecule has 2 aromatic carbocycles. The van der Waals surface area contributed by atoms with Gasteiger partial charge in [0.2, 0.25) is 0 Å². The lowest BCUT2D eigenvalue weighted by molar-refractivity contribution is 0.0981. The van der Waals surface area contributed by atoms with Crippen molar-refractivity contribution >= 4 is 23.1 Å². The Balaban J connectivity index is 1.60. The number of amides is 1. The molecule has 3 aromatic rings. The first kappa shape index (κ1) is 19.0. The molecular weight excluding hydrogens is 362 g/mol. The highest BCUT2D eigenvalue weighted by Gasteiger charge is 2.31. The average molecular weight is 387 g/mol. The van der Waals surface area contributed by atoms with Gasteiger partial charge in [-0.25, -0.2) is 4.98 Å². The number of para-hydroxylation sites is 3. The highest BCUT2D eigenvalue weighted by Crippen LogP contribution is 2.33. The molecule has 0 radical (unpaired) electrons. The molecule has 5 heteroatoms. The molecule has 1 N–H and O–H groups in total. The van der Waals surface area contributed by atoms with Gasteiger partial charge in [0.25, 0.3) is 5.91 Å². The van der Waals surface area contributed by atoms with Crippen LogP contribution in [0.5, 0.6) is 5.75 Å². The van der Waals surface area contributed by atoms with Crippen LogP contribution in [0.3, 0.4) is 0 Å². The van der Waals surface area contributed by atoms with Gasteiger partial charge in [-0.3, -0.25) is 4.79 Å². The number of nitrogens with zero attached hydrogens (tertiary/aromatic N) is 2. The number of anilines is 3. The topological polar surface area (TPSA) is 54.5 Å². The van der Waals surface area contributed by atoms with Crippen molar-refractivity contribution in [1.29, 1.82) is 0 Å². The third-order valence-electron chi connectivity index (χ3n) is 4.95. The molecule has 0 saturated heterocycles. The summed E-state index contributed by atoms with van der Waals surface area (Å²) >= 11 is 0. The van der Waals surface area contributed by atoms with Gasteiger partial charge in [-0.15, -0.1) is 0 Å². The Hall–Kier alpha value is -3.34. The fourth-order valence-corrected chi connectivity index (χ4v) is 3.71. The van der Waals surface area contributed by atoms with Crippen molar-refractivity contribution in [3.05, 3.63) is 78.0 Å². The smallest absolute Gasteiger partial charge is 0.258 e. The summed E-state index contributed by atoms with van der Waals surface area (Å²) in [5, 5.41) is 3.29. The summed E-state index contributed by atoms with van der Waals surface area (Å²) in [5.74, 6) is 1.35. The fraction of sp³-hybridized carbons (Fsp3) is 0.250. The van der Waals surface area contributed by atoms with E-state index in [1.807, 2.05) is 61.2 Å². The second kappa shape index (κ2) is 7.95. The summed E-state index contributed by atoms with van der Waals surface area (Å²) in [6.07, 6.45) is 2.60. The van der Waals surface area contributed by atoms with Crippen LogP contribution in [0.15, 0.2) is 66.9 Å². The van der Waals surface area contributed by atoms with Crippen LogP contribution < -0.4 is 15.0 Å². The van der Waals surface area contributed by atoms with Crippen LogP contribution >= 0.6 is 0 Å². The maximum absolute atomic E-state index is 13.3. The second-order valence-electron chi connectivity index (χ2n) is 7.57. The standard InChI is InChI=1S/C24H25N3O2/c1-16(2)29-22-11-7-5-9-20(22)26-23-15-19(12-13-25-23)24(28)27-17(3)14-18-8-4-6-10-21(18)27/h4-13,15-17H,14H2,1-3H3,(H,25,26). The summed E-state index contributed by atoms with van der Waals surface area (Å²) in [5.41, 5.74) is 3.62. The van der Waals surface area contributed by atoms with Crippen molar-refractivity contribution in [2.45, 2.75) is 39.3 Å². The molecule has 0 spiro atoms. The number of hydrogen-bond donors (Lipinski definition) is 1. The van der Waals surface area contributed by atoms with Gasteiger partial charge in [-0.1, -0.05) is 30.3 Å². The van der Waals surface area contributed by atoms with Gasteiger partial charge in [0.15, 0.2) is 0 Å². The van der Waals surface area contributed by atoms with E-state index in [9.17, 15) is 4.79 Å². The lowest BCUT2D eigenvalue weighted by Gasteiger charge is -2.23. The molecule has 1 atom stereocenters. The Bertz CT molecular complexity index is 1030. The minimum atomic E-state index is -0.0142. The zero-order valence-corrected chi connectivity index (χ0v) is 16.9. The highest BCUT2D eigenvalue weighted by atomic mass is 16.5. The van der Waals surface area contributed by atoms with E-state index < -0.39 is 0 Å². The molecule has 148 valence electrons. The number of rotatable bonds is 5. The number of hydrogen-bond acceptors (Lipinski definition) is 4. The average Bonchev–Trinajstić information content (AvgIpc) is 3.04. The highest BCUT2D eigenvalue weighted by molar-refractivity contribution is 6.08. The first-order valence-electron chi connectivity index (χ1n) is 9.93. The summed E-state index contributed by atoms with van der Waals surface area (Å²) in [4.78, 5) is 19.6. The van der Waals surface area contributed by atoms with Crippen molar-refractivity contribution in [1.82, 2.24) is 4.98 Å². The molecule has 0 fully saturated rings. The Kier molecular flexibility index (Phi) is 5.21. The lowest BCUT2D eigenvalue weighted by Crippen LogP contribution is -2.35. The zero-order valence-electron chi connectivity index (χ0n) is 16.9. The van der Waals surface area contributed by atoms with Gasteiger partial charge in [0, 0.05) is 23.5 Å². The Labute approximate surface area is 171 Å². The van der Waals surface area contributed by atoms with Crippen molar-refractivity contribution in [3.63, 3.8) is 0 Å². The third-order valence-corrected chi connectivity index (χ3v) is 4.95. The molecular formula is C24H25N3O2. The number of nitrogens with one attached hydrogen (secondary N) is 1. The van der Waals surface area contributed by atoms with E-state index in [-0.39, 0.29) is 18.1 Å². The van der Waals surface area contributed by atoms with Crippen molar-refractivity contribution in [2.75, 3.05) is 10.2 Å². The Morgan fingerprint density at radius 1 is 1.14 bits per heavy atom. The van der Waals surface area contributed by atoms with Crippen LogP contribution in [0.25, 0.3) is 0 Å². The molecule has 1 amide bonds. The number of ether oxygens (including phenoxy) is 1. The van der Waals surface area contributed by atoms with E-state index >= 15 is 0 Å². The predicted molar refractivity (Wildman–Crippen MR) is 116 cm³/mol. The molecule has 0 saturated carbocycles. The van der Waals surface area contributed by atoms with E-state index in [2.05, 4.69) is 23.3 Å². The van der Waals surface area contributed by atoms with Gasteiger partial charge in [-0.2, -0.15) is 0 Å². The first-order valence-corrected chi connectivity index (χ1v) is 9.93. The van der Waals surface area contributed by atoms with Crippen LogP contribution in [-0.2, 0) is 6.42 Å². The lowest BCUT2D eigenvalue weighted by atomic mass is 10.1. The number of aromatic nitrogens is 1. The minimum Gasteiger partial charge on any atom is -0.489 e. The molecule has 29 heavy (non-hydrogen) atoms. The predicted octanol–water partition coefficient (Wildman–Crippen LogP) is 5.20. The van der Waals surface area contributed by atoms with Gasteiger partial charge in [0.05, 0.1) is 11.8 Å². The molecule has 1 aliphatic rings. The first-order chi connectivity index (χ1) is 14.0. The van der Waals surface area contributed by atoms with Crippen LogP contribution in [0.4, 0.5) is 17.2 Å². The molecule has 1 aliphatic heterocycles. The zero-order chi connectivity index (χ0) is 20.4. The largest absolute Gasteiger partial charge is 0.489 e. The van der Waals surface area contributed by atoms with E-state index in [1.54, 1.807) is 18.3 Å². The van der Waals surface area contributed by atoms with Crippen LogP contribution in [0, 0.1) is 0 Å². The summed E-state index contributed by atoms with van der Waals surface area (Å²) in [7, 11) is 0. The summed E-state index contributed by atoms with van der Waals surface area (Å²) in [6, 6.07) is 19.5. The quantitative estimate of drug-likeness (QED) is 0.653. The van der Waals surface area contributed by atoms with E-state index in [1.165, 1.54) is 5.56 Å². The SMILES string of the molecule is CC(C)Oc1ccccc1Nc1cc(C(=O)N2c3ccccc3CC2C)ccn1. The van der Waals surface area contributed by atoms with Crippen molar-refractivity contribution < 1.29 is 9.53 Å². The number of benzene rings is 2. The molecule has 2 heterocycles. The Morgan fingerprint density at radius 2 is 1.90 bits per heavy atom. The molecule has 4 rings (SSSR count). The van der Waals surface area contributed by atoms with Gasteiger partial charge < -0.3 is 15.0 Å². The monoisotopic (exact) mass is 387 g/mol. The number of carbonyl (C=O) groups is 1. The Morgan fingerprint density at radius 3 is 2.72 bits per heavy atom. The summed E-state index contributed by atoms with van der Waals surface area (Å²) < 4.78 is 5.86. The molecule has 5 nitrogen and oxygen atoms in total. The van der Waals surface area contributed by atoms with Gasteiger partial charge in [0.1, 0.15) is 11.6 Å². The number of carbonyl (C=O) groups excluding carboxylic acids is 1. The number of fused-ring (bicyclic) bond motifs is 1. The van der Waals surface area contributed by atoms with Crippen LogP contribution in [0.1, 0.15) is 36.7 Å². The van der Waals surface area contributed by atoms with Gasteiger partial charge >= 0.3 is 0 Å². The molecule has 0 aliphatic carbocycles. The fourth-order valence-electron chi connectivity index (χ4n) is 3.71. The van der Waals surface area contributed by atoms with E-state index in [4.69, 9.17) is 4.74 Å². The minimum absolute atomic E-state index is 0.0142. The maximum atomic E-state index is 13.3. The van der Waals surface area contributed by atoms with Crippen molar-refractivity contribution in [3.8, 4) is 5.75 Å². The normalized spacial score (nSPS) is 15.3. The maximum Gasteiger partial charge on any atom is 0.258 e. The summed E-state index contributed by atoms with van der Waals surface area (Å²) in [6.45, 7) is 6.06. The number of pyridine rings is 1. The van der Waals surface area contributed by atoms with E-state index in [0.29, 0.717) is 11.4 Å². The van der Waals surface area contributed by atoms with E-state index in [0.717, 1.165) is 23.5 Å².